The number of rotatable bonds is 3. The van der Waals surface area contributed by atoms with Gasteiger partial charge in [0.15, 0.2) is 5.60 Å². The molecule has 106 valence electrons. The number of ether oxygens (including phenoxy) is 1. The summed E-state index contributed by atoms with van der Waals surface area (Å²) >= 11 is 0. The molecule has 1 unspecified atom stereocenters. The molecule has 1 amide bonds. The lowest BCUT2D eigenvalue weighted by atomic mass is 10.0. The van der Waals surface area contributed by atoms with Crippen LogP contribution in [0.3, 0.4) is 0 Å². The molecular formula is C13H21N3O3. The molecule has 2 rings (SSSR count). The van der Waals surface area contributed by atoms with Crippen molar-refractivity contribution >= 4 is 5.91 Å². The normalized spacial score (nSPS) is 24.4. The second kappa shape index (κ2) is 5.30. The zero-order valence-electron chi connectivity index (χ0n) is 12.0. The van der Waals surface area contributed by atoms with Gasteiger partial charge in [0.2, 0.25) is 0 Å². The Labute approximate surface area is 113 Å². The van der Waals surface area contributed by atoms with E-state index in [1.54, 1.807) is 11.9 Å². The molecule has 0 aromatic carbocycles. The van der Waals surface area contributed by atoms with E-state index in [9.17, 15) is 4.79 Å². The Kier molecular flexibility index (Phi) is 3.91. The van der Waals surface area contributed by atoms with Gasteiger partial charge in [-0.05, 0) is 20.9 Å². The number of carbonyl (C=O) groups is 1. The summed E-state index contributed by atoms with van der Waals surface area (Å²) in [6.45, 7) is 6.14. The Balaban J connectivity index is 2.01. The number of hydrogen-bond acceptors (Lipinski definition) is 5. The van der Waals surface area contributed by atoms with Crippen LogP contribution in [0.5, 0.6) is 0 Å². The summed E-state index contributed by atoms with van der Waals surface area (Å²) in [5.74, 6) is 0.718. The van der Waals surface area contributed by atoms with E-state index in [1.165, 1.54) is 0 Å². The minimum atomic E-state index is -0.777. The molecule has 19 heavy (non-hydrogen) atoms. The van der Waals surface area contributed by atoms with E-state index in [2.05, 4.69) is 10.1 Å². The lowest BCUT2D eigenvalue weighted by Gasteiger charge is -2.39. The lowest BCUT2D eigenvalue weighted by Crippen LogP contribution is -2.57. The lowest BCUT2D eigenvalue weighted by molar-refractivity contribution is -0.165. The van der Waals surface area contributed by atoms with Crippen LogP contribution in [0.1, 0.15) is 18.4 Å². The van der Waals surface area contributed by atoms with E-state index < -0.39 is 5.60 Å². The molecule has 1 fully saturated rings. The van der Waals surface area contributed by atoms with Crippen molar-refractivity contribution in [3.8, 4) is 0 Å². The van der Waals surface area contributed by atoms with Gasteiger partial charge in [0, 0.05) is 26.2 Å². The van der Waals surface area contributed by atoms with E-state index in [0.29, 0.717) is 19.7 Å². The number of morpholine rings is 1. The monoisotopic (exact) mass is 267 g/mol. The van der Waals surface area contributed by atoms with Crippen LogP contribution < -0.4 is 0 Å². The van der Waals surface area contributed by atoms with Gasteiger partial charge in [0.1, 0.15) is 11.5 Å². The van der Waals surface area contributed by atoms with Gasteiger partial charge in [-0.3, -0.25) is 4.79 Å². The topological polar surface area (TPSA) is 58.8 Å². The van der Waals surface area contributed by atoms with Crippen molar-refractivity contribution in [1.29, 1.82) is 0 Å². The third-order valence-corrected chi connectivity index (χ3v) is 3.34. The minimum absolute atomic E-state index is 0.0281. The standard InChI is InChI=1S/C13H21N3O3/c1-10-7-11(14-19-10)8-16(4)12(17)13(2)9-15(3)5-6-18-13/h7H,5-6,8-9H2,1-4H3. The summed E-state index contributed by atoms with van der Waals surface area (Å²) in [5, 5.41) is 3.90. The number of aromatic nitrogens is 1. The second-order valence-electron chi connectivity index (χ2n) is 5.41. The quantitative estimate of drug-likeness (QED) is 0.805. The fourth-order valence-electron chi connectivity index (χ4n) is 2.41. The molecular weight excluding hydrogens is 246 g/mol. The predicted molar refractivity (Wildman–Crippen MR) is 69.6 cm³/mol. The van der Waals surface area contributed by atoms with Crippen LogP contribution in [0, 0.1) is 6.92 Å². The molecule has 1 aromatic rings. The second-order valence-corrected chi connectivity index (χ2v) is 5.41. The van der Waals surface area contributed by atoms with Gasteiger partial charge >= 0.3 is 0 Å². The fourth-order valence-corrected chi connectivity index (χ4v) is 2.41. The zero-order valence-corrected chi connectivity index (χ0v) is 12.0. The van der Waals surface area contributed by atoms with E-state index in [1.807, 2.05) is 27.0 Å². The van der Waals surface area contributed by atoms with Crippen molar-refractivity contribution in [3.63, 3.8) is 0 Å². The molecule has 0 spiro atoms. The summed E-state index contributed by atoms with van der Waals surface area (Å²) in [7, 11) is 3.75. The van der Waals surface area contributed by atoms with Crippen LogP contribution >= 0.6 is 0 Å². The Morgan fingerprint density at radius 3 is 2.95 bits per heavy atom. The molecule has 2 heterocycles. The van der Waals surface area contributed by atoms with Crippen LogP contribution in [-0.2, 0) is 16.1 Å². The molecule has 0 N–H and O–H groups in total. The number of amides is 1. The van der Waals surface area contributed by atoms with Gasteiger partial charge in [-0.2, -0.15) is 0 Å². The highest BCUT2D eigenvalue weighted by molar-refractivity contribution is 5.85. The number of nitrogens with zero attached hydrogens (tertiary/aromatic N) is 3. The molecule has 1 aliphatic rings. The maximum Gasteiger partial charge on any atom is 0.255 e. The minimum Gasteiger partial charge on any atom is -0.363 e. The summed E-state index contributed by atoms with van der Waals surface area (Å²) in [5.41, 5.74) is -0.0262. The van der Waals surface area contributed by atoms with Crippen molar-refractivity contribution < 1.29 is 14.1 Å². The Bertz CT molecular complexity index is 460. The van der Waals surface area contributed by atoms with Gasteiger partial charge in [-0.1, -0.05) is 5.16 Å². The number of likely N-dealkylation sites (N-methyl/N-ethyl adjacent to an activating group) is 2. The van der Waals surface area contributed by atoms with Crippen molar-refractivity contribution in [2.75, 3.05) is 33.8 Å². The molecule has 6 heteroatoms. The summed E-state index contributed by atoms with van der Waals surface area (Å²) in [6, 6.07) is 1.83. The summed E-state index contributed by atoms with van der Waals surface area (Å²) in [6.07, 6.45) is 0. The highest BCUT2D eigenvalue weighted by Crippen LogP contribution is 2.20. The largest absolute Gasteiger partial charge is 0.363 e. The third-order valence-electron chi connectivity index (χ3n) is 3.34. The van der Waals surface area contributed by atoms with Gasteiger partial charge in [0.05, 0.1) is 13.2 Å². The molecule has 1 aliphatic heterocycles. The van der Waals surface area contributed by atoms with Crippen molar-refractivity contribution in [3.05, 3.63) is 17.5 Å². The van der Waals surface area contributed by atoms with Gasteiger partial charge in [-0.25, -0.2) is 0 Å². The first-order chi connectivity index (χ1) is 8.90. The zero-order chi connectivity index (χ0) is 14.0. The van der Waals surface area contributed by atoms with E-state index in [4.69, 9.17) is 9.26 Å². The molecule has 0 saturated carbocycles. The van der Waals surface area contributed by atoms with Crippen LogP contribution in [0.25, 0.3) is 0 Å². The van der Waals surface area contributed by atoms with E-state index in [0.717, 1.165) is 18.0 Å². The van der Waals surface area contributed by atoms with Gasteiger partial charge in [-0.15, -0.1) is 0 Å². The average molecular weight is 267 g/mol. The van der Waals surface area contributed by atoms with Crippen LogP contribution in [0.2, 0.25) is 0 Å². The first-order valence-electron chi connectivity index (χ1n) is 6.41. The van der Waals surface area contributed by atoms with Crippen molar-refractivity contribution in [2.24, 2.45) is 0 Å². The molecule has 1 aromatic heterocycles. The molecule has 6 nitrogen and oxygen atoms in total. The van der Waals surface area contributed by atoms with E-state index >= 15 is 0 Å². The molecule has 1 saturated heterocycles. The fraction of sp³-hybridized carbons (Fsp3) is 0.692. The summed E-state index contributed by atoms with van der Waals surface area (Å²) in [4.78, 5) is 16.2. The Hall–Kier alpha value is -1.40. The van der Waals surface area contributed by atoms with Crippen molar-refractivity contribution in [1.82, 2.24) is 15.0 Å². The highest BCUT2D eigenvalue weighted by atomic mass is 16.5. The first kappa shape index (κ1) is 14.0. The van der Waals surface area contributed by atoms with E-state index in [-0.39, 0.29) is 5.91 Å². The number of aryl methyl sites for hydroxylation is 1. The summed E-state index contributed by atoms with van der Waals surface area (Å²) < 4.78 is 10.7. The van der Waals surface area contributed by atoms with Gasteiger partial charge in [0.25, 0.3) is 5.91 Å². The maximum atomic E-state index is 12.5. The van der Waals surface area contributed by atoms with Crippen LogP contribution in [-0.4, -0.2) is 60.3 Å². The van der Waals surface area contributed by atoms with Crippen LogP contribution in [0.15, 0.2) is 10.6 Å². The number of carbonyl (C=O) groups excluding carboxylic acids is 1. The van der Waals surface area contributed by atoms with Gasteiger partial charge < -0.3 is 19.1 Å². The third kappa shape index (κ3) is 3.13. The molecule has 0 aliphatic carbocycles. The van der Waals surface area contributed by atoms with Crippen LogP contribution in [0.4, 0.5) is 0 Å². The molecule has 0 radical (unpaired) electrons. The van der Waals surface area contributed by atoms with Crippen molar-refractivity contribution in [2.45, 2.75) is 26.0 Å². The molecule has 0 bridgehead atoms. The Morgan fingerprint density at radius 2 is 2.37 bits per heavy atom. The number of hydrogen-bond donors (Lipinski definition) is 0. The predicted octanol–water partition coefficient (Wildman–Crippen LogP) is 0.662. The average Bonchev–Trinajstić information content (AvgIpc) is 2.73. The molecule has 1 atom stereocenters. The highest BCUT2D eigenvalue weighted by Gasteiger charge is 2.40. The first-order valence-corrected chi connectivity index (χ1v) is 6.41. The smallest absolute Gasteiger partial charge is 0.255 e. The Morgan fingerprint density at radius 1 is 1.63 bits per heavy atom. The maximum absolute atomic E-state index is 12.5. The SMILES string of the molecule is Cc1cc(CN(C)C(=O)C2(C)CN(C)CCO2)no1.